The number of phenols is 1. The summed E-state index contributed by atoms with van der Waals surface area (Å²) in [5, 5.41) is 12.2. The minimum absolute atomic E-state index is 0.249. The van der Waals surface area contributed by atoms with Gasteiger partial charge in [-0.2, -0.15) is 0 Å². The summed E-state index contributed by atoms with van der Waals surface area (Å²) in [6.45, 7) is 0. The molecule has 1 heterocycles. The number of rotatable bonds is 0. The smallest absolute Gasteiger partial charge is 0.134 e. The van der Waals surface area contributed by atoms with Crippen LogP contribution in [0.25, 0.3) is 10.1 Å². The molecule has 0 bridgehead atoms. The summed E-state index contributed by atoms with van der Waals surface area (Å²) in [5.74, 6) is 0.249. The van der Waals surface area contributed by atoms with E-state index in [2.05, 4.69) is 12.6 Å². The van der Waals surface area contributed by atoms with Gasteiger partial charge in [0.2, 0.25) is 0 Å². The lowest BCUT2D eigenvalue weighted by Gasteiger charge is -1.97. The Kier molecular flexibility index (Phi) is 1.66. The van der Waals surface area contributed by atoms with Gasteiger partial charge in [-0.05, 0) is 12.1 Å². The molecule has 0 aliphatic heterocycles. The van der Waals surface area contributed by atoms with E-state index in [-0.39, 0.29) is 5.75 Å². The highest BCUT2D eigenvalue weighted by atomic mass is 32.1. The van der Waals surface area contributed by atoms with Crippen LogP contribution in [0.15, 0.2) is 22.4 Å². The summed E-state index contributed by atoms with van der Waals surface area (Å²) in [7, 11) is 0. The largest absolute Gasteiger partial charge is 0.506 e. The summed E-state index contributed by atoms with van der Waals surface area (Å²) in [6.07, 6.45) is 0. The van der Waals surface area contributed by atoms with Crippen LogP contribution in [0.5, 0.6) is 5.75 Å². The Hall–Kier alpha value is -0.870. The summed E-state index contributed by atoms with van der Waals surface area (Å²) < 4.78 is 0.824. The monoisotopic (exact) mass is 197 g/mol. The predicted molar refractivity (Wildman–Crippen MR) is 55.2 cm³/mol. The van der Waals surface area contributed by atoms with Crippen LogP contribution in [0.2, 0.25) is 0 Å². The van der Waals surface area contributed by atoms with E-state index in [0.29, 0.717) is 5.69 Å². The number of hydrogen-bond donors (Lipinski definition) is 3. The Morgan fingerprint density at radius 3 is 2.92 bits per heavy atom. The third-order valence-electron chi connectivity index (χ3n) is 1.67. The molecular formula is C8H7NOS2. The van der Waals surface area contributed by atoms with Crippen LogP contribution in [0.1, 0.15) is 0 Å². The second-order valence-electron chi connectivity index (χ2n) is 2.53. The zero-order chi connectivity index (χ0) is 8.72. The average Bonchev–Trinajstić information content (AvgIpc) is 2.33. The van der Waals surface area contributed by atoms with Crippen LogP contribution < -0.4 is 5.73 Å². The van der Waals surface area contributed by atoms with E-state index < -0.39 is 0 Å². The molecule has 0 unspecified atom stereocenters. The maximum absolute atomic E-state index is 9.47. The van der Waals surface area contributed by atoms with Crippen LogP contribution in [0, 0.1) is 0 Å². The Balaban J connectivity index is 2.92. The Morgan fingerprint density at radius 1 is 1.42 bits per heavy atom. The lowest BCUT2D eigenvalue weighted by Crippen LogP contribution is -1.80. The van der Waals surface area contributed by atoms with Crippen molar-refractivity contribution >= 4 is 39.7 Å². The van der Waals surface area contributed by atoms with Gasteiger partial charge in [-0.25, -0.2) is 0 Å². The normalized spacial score (nSPS) is 10.8. The van der Waals surface area contributed by atoms with Crippen molar-refractivity contribution in [3.63, 3.8) is 0 Å². The summed E-state index contributed by atoms with van der Waals surface area (Å²) >= 11 is 5.58. The molecule has 0 amide bonds. The molecule has 1 aromatic heterocycles. The number of nitrogens with two attached hydrogens (primary N) is 1. The molecule has 2 rings (SSSR count). The second kappa shape index (κ2) is 2.57. The van der Waals surface area contributed by atoms with E-state index in [9.17, 15) is 5.11 Å². The van der Waals surface area contributed by atoms with E-state index >= 15 is 0 Å². The number of benzene rings is 1. The Labute approximate surface area is 79.0 Å². The second-order valence-corrected chi connectivity index (χ2v) is 3.93. The molecule has 0 atom stereocenters. The SMILES string of the molecule is Nc1csc2c(O)cc(S)cc12. The predicted octanol–water partition coefficient (Wildman–Crippen LogP) is 2.48. The number of fused-ring (bicyclic) bond motifs is 1. The number of thiophene rings is 1. The van der Waals surface area contributed by atoms with Crippen molar-refractivity contribution < 1.29 is 5.11 Å². The zero-order valence-electron chi connectivity index (χ0n) is 6.11. The number of thiol groups is 1. The minimum Gasteiger partial charge on any atom is -0.506 e. The number of aromatic hydroxyl groups is 1. The lowest BCUT2D eigenvalue weighted by molar-refractivity contribution is 0.481. The van der Waals surface area contributed by atoms with E-state index in [1.54, 1.807) is 6.07 Å². The van der Waals surface area contributed by atoms with E-state index in [1.165, 1.54) is 11.3 Å². The first kappa shape index (κ1) is 7.76. The van der Waals surface area contributed by atoms with Gasteiger partial charge in [-0.15, -0.1) is 24.0 Å². The highest BCUT2D eigenvalue weighted by Gasteiger charge is 2.05. The third-order valence-corrected chi connectivity index (χ3v) is 2.96. The molecule has 0 aliphatic carbocycles. The van der Waals surface area contributed by atoms with Gasteiger partial charge in [0, 0.05) is 15.7 Å². The fourth-order valence-corrected chi connectivity index (χ4v) is 2.23. The van der Waals surface area contributed by atoms with Crippen LogP contribution in [-0.4, -0.2) is 5.11 Å². The van der Waals surface area contributed by atoms with Gasteiger partial charge in [-0.3, -0.25) is 0 Å². The molecule has 0 aliphatic rings. The third kappa shape index (κ3) is 1.04. The highest BCUT2D eigenvalue weighted by molar-refractivity contribution is 7.80. The fourth-order valence-electron chi connectivity index (χ4n) is 1.12. The van der Waals surface area contributed by atoms with Gasteiger partial charge >= 0.3 is 0 Å². The molecular weight excluding hydrogens is 190 g/mol. The first-order chi connectivity index (χ1) is 5.68. The van der Waals surface area contributed by atoms with E-state index in [1.807, 2.05) is 11.4 Å². The van der Waals surface area contributed by atoms with E-state index in [4.69, 9.17) is 5.73 Å². The van der Waals surface area contributed by atoms with E-state index in [0.717, 1.165) is 15.0 Å². The van der Waals surface area contributed by atoms with Crippen molar-refractivity contribution in [3.05, 3.63) is 17.5 Å². The van der Waals surface area contributed by atoms with Crippen molar-refractivity contribution in [2.45, 2.75) is 4.90 Å². The number of phenolic OH excluding ortho intramolecular Hbond substituents is 1. The van der Waals surface area contributed by atoms with Crippen molar-refractivity contribution in [1.29, 1.82) is 0 Å². The molecule has 0 saturated heterocycles. The molecule has 4 heteroatoms. The number of nitrogen functional groups attached to an aromatic ring is 1. The summed E-state index contributed by atoms with van der Waals surface area (Å²) in [4.78, 5) is 0.727. The van der Waals surface area contributed by atoms with Crippen LogP contribution in [0.4, 0.5) is 5.69 Å². The fraction of sp³-hybridized carbons (Fsp3) is 0. The maximum Gasteiger partial charge on any atom is 0.134 e. The van der Waals surface area contributed by atoms with Crippen molar-refractivity contribution in [2.24, 2.45) is 0 Å². The molecule has 1 aromatic carbocycles. The molecule has 0 saturated carbocycles. The van der Waals surface area contributed by atoms with Gasteiger partial charge in [0.25, 0.3) is 0 Å². The topological polar surface area (TPSA) is 46.2 Å². The van der Waals surface area contributed by atoms with Crippen molar-refractivity contribution in [3.8, 4) is 5.75 Å². The Bertz CT molecular complexity index is 436. The molecule has 0 spiro atoms. The average molecular weight is 197 g/mol. The van der Waals surface area contributed by atoms with Crippen LogP contribution in [-0.2, 0) is 0 Å². The number of hydrogen-bond acceptors (Lipinski definition) is 4. The first-order valence-electron chi connectivity index (χ1n) is 3.37. The highest BCUT2D eigenvalue weighted by Crippen LogP contribution is 2.36. The van der Waals surface area contributed by atoms with Gasteiger partial charge in [-0.1, -0.05) is 0 Å². The summed E-state index contributed by atoms with van der Waals surface area (Å²) in [6, 6.07) is 3.46. The lowest BCUT2D eigenvalue weighted by atomic mass is 10.2. The van der Waals surface area contributed by atoms with Gasteiger partial charge in [0.1, 0.15) is 5.75 Å². The van der Waals surface area contributed by atoms with Gasteiger partial charge in [0.15, 0.2) is 0 Å². The van der Waals surface area contributed by atoms with Crippen molar-refractivity contribution in [1.82, 2.24) is 0 Å². The molecule has 0 fully saturated rings. The minimum atomic E-state index is 0.249. The molecule has 12 heavy (non-hydrogen) atoms. The summed E-state index contributed by atoms with van der Waals surface area (Å²) in [5.41, 5.74) is 6.37. The van der Waals surface area contributed by atoms with Gasteiger partial charge in [0.05, 0.1) is 10.4 Å². The zero-order valence-corrected chi connectivity index (χ0v) is 7.82. The quantitative estimate of drug-likeness (QED) is 0.568. The standard InChI is InChI=1S/C8H7NOS2/c9-6-3-12-8-5(6)1-4(11)2-7(8)10/h1-3,10-11H,9H2. The van der Waals surface area contributed by atoms with Crippen LogP contribution >= 0.6 is 24.0 Å². The van der Waals surface area contributed by atoms with Gasteiger partial charge < -0.3 is 10.8 Å². The van der Waals surface area contributed by atoms with Crippen LogP contribution in [0.3, 0.4) is 0 Å². The first-order valence-corrected chi connectivity index (χ1v) is 4.70. The Morgan fingerprint density at radius 2 is 2.17 bits per heavy atom. The molecule has 2 nitrogen and oxygen atoms in total. The maximum atomic E-state index is 9.47. The molecule has 62 valence electrons. The van der Waals surface area contributed by atoms with Crippen molar-refractivity contribution in [2.75, 3.05) is 5.73 Å². The molecule has 2 aromatic rings. The molecule has 3 N–H and O–H groups in total. The number of anilines is 1. The molecule has 0 radical (unpaired) electrons.